The molecular weight excluding hydrogens is 426 g/mol. The second-order valence-corrected chi connectivity index (χ2v) is 8.06. The number of ether oxygens (including phenoxy) is 2. The highest BCUT2D eigenvalue weighted by molar-refractivity contribution is 7.12. The Balaban J connectivity index is 1.51. The van der Waals surface area contributed by atoms with Crippen LogP contribution in [0.4, 0.5) is 11.4 Å². The smallest absolute Gasteiger partial charge is 0.240 e. The predicted molar refractivity (Wildman–Crippen MR) is 125 cm³/mol. The van der Waals surface area contributed by atoms with Crippen molar-refractivity contribution in [1.82, 2.24) is 5.32 Å². The number of amides is 2. The van der Waals surface area contributed by atoms with Gasteiger partial charge >= 0.3 is 0 Å². The SMILES string of the molecule is COc1cccc(CNC(=O)CN2C(=O)CC(c3cccs3)=Nc3ccccc32)c1OC. The number of hydrogen-bond acceptors (Lipinski definition) is 6. The van der Waals surface area contributed by atoms with Crippen LogP contribution in [0.3, 0.4) is 0 Å². The predicted octanol–water partition coefficient (Wildman–Crippen LogP) is 3.94. The van der Waals surface area contributed by atoms with E-state index in [0.29, 0.717) is 28.6 Å². The largest absolute Gasteiger partial charge is 0.493 e. The number of carbonyl (C=O) groups excluding carboxylic acids is 2. The second-order valence-electron chi connectivity index (χ2n) is 7.11. The van der Waals surface area contributed by atoms with Crippen molar-refractivity contribution < 1.29 is 19.1 Å². The summed E-state index contributed by atoms with van der Waals surface area (Å²) < 4.78 is 10.7. The van der Waals surface area contributed by atoms with Crippen LogP contribution in [0.1, 0.15) is 16.9 Å². The fraction of sp³-hybridized carbons (Fsp3) is 0.208. The molecule has 0 spiro atoms. The van der Waals surface area contributed by atoms with Crippen LogP contribution in [-0.2, 0) is 16.1 Å². The molecule has 1 aliphatic heterocycles. The minimum atomic E-state index is -0.280. The number of aliphatic imine (C=N–C) groups is 1. The summed E-state index contributed by atoms with van der Waals surface area (Å²) >= 11 is 1.54. The highest BCUT2D eigenvalue weighted by Crippen LogP contribution is 2.33. The van der Waals surface area contributed by atoms with Crippen molar-refractivity contribution in [3.63, 3.8) is 0 Å². The summed E-state index contributed by atoms with van der Waals surface area (Å²) in [5.74, 6) is 0.712. The van der Waals surface area contributed by atoms with Gasteiger partial charge in [-0.25, -0.2) is 4.99 Å². The summed E-state index contributed by atoms with van der Waals surface area (Å²) in [5.41, 5.74) is 2.79. The molecule has 2 amide bonds. The van der Waals surface area contributed by atoms with E-state index in [1.54, 1.807) is 20.3 Å². The molecule has 0 atom stereocenters. The van der Waals surface area contributed by atoms with E-state index in [4.69, 9.17) is 14.5 Å². The average Bonchev–Trinajstić information content (AvgIpc) is 3.31. The van der Waals surface area contributed by atoms with Gasteiger partial charge in [0.15, 0.2) is 11.5 Å². The fourth-order valence-electron chi connectivity index (χ4n) is 3.59. The lowest BCUT2D eigenvalue weighted by Gasteiger charge is -2.22. The van der Waals surface area contributed by atoms with Crippen molar-refractivity contribution in [2.45, 2.75) is 13.0 Å². The first-order chi connectivity index (χ1) is 15.6. The van der Waals surface area contributed by atoms with E-state index in [1.807, 2.05) is 53.9 Å². The molecule has 164 valence electrons. The van der Waals surface area contributed by atoms with E-state index in [2.05, 4.69) is 5.32 Å². The Morgan fingerprint density at radius 1 is 1.09 bits per heavy atom. The summed E-state index contributed by atoms with van der Waals surface area (Å²) in [6.45, 7) is 0.148. The average molecular weight is 450 g/mol. The molecule has 1 N–H and O–H groups in total. The number of methoxy groups -OCH3 is 2. The zero-order valence-electron chi connectivity index (χ0n) is 17.8. The molecule has 7 nitrogen and oxygen atoms in total. The number of nitrogens with one attached hydrogen (secondary N) is 1. The molecule has 4 rings (SSSR count). The van der Waals surface area contributed by atoms with Crippen molar-refractivity contribution in [1.29, 1.82) is 0 Å². The first-order valence-electron chi connectivity index (χ1n) is 10.1. The number of benzene rings is 2. The molecule has 0 aliphatic carbocycles. The van der Waals surface area contributed by atoms with Gasteiger partial charge in [0.2, 0.25) is 11.8 Å². The highest BCUT2D eigenvalue weighted by Gasteiger charge is 2.27. The van der Waals surface area contributed by atoms with E-state index < -0.39 is 0 Å². The summed E-state index contributed by atoms with van der Waals surface area (Å²) in [4.78, 5) is 33.1. The topological polar surface area (TPSA) is 80.2 Å². The molecule has 3 aromatic rings. The third-order valence-corrected chi connectivity index (χ3v) is 6.03. The zero-order chi connectivity index (χ0) is 22.5. The number of nitrogens with zero attached hydrogens (tertiary/aromatic N) is 2. The minimum absolute atomic E-state index is 0.102. The summed E-state index contributed by atoms with van der Waals surface area (Å²) in [5, 5.41) is 4.83. The number of fused-ring (bicyclic) bond motifs is 1. The molecule has 0 unspecified atom stereocenters. The molecular formula is C24H23N3O4S. The van der Waals surface area contributed by atoms with Crippen LogP contribution in [0.25, 0.3) is 0 Å². The number of thiophene rings is 1. The van der Waals surface area contributed by atoms with Crippen molar-refractivity contribution in [3.05, 3.63) is 70.4 Å². The lowest BCUT2D eigenvalue weighted by atomic mass is 10.2. The lowest BCUT2D eigenvalue weighted by molar-refractivity contribution is -0.123. The molecule has 0 bridgehead atoms. The van der Waals surface area contributed by atoms with Gasteiger partial charge < -0.3 is 19.7 Å². The first-order valence-corrected chi connectivity index (χ1v) is 11.0. The summed E-state index contributed by atoms with van der Waals surface area (Å²) in [6.07, 6.45) is 0.131. The summed E-state index contributed by atoms with van der Waals surface area (Å²) in [6, 6.07) is 16.7. The number of rotatable bonds is 7. The molecule has 2 aromatic carbocycles. The van der Waals surface area contributed by atoms with Gasteiger partial charge in [-0.1, -0.05) is 30.3 Å². The fourth-order valence-corrected chi connectivity index (χ4v) is 4.30. The Labute approximate surface area is 190 Å². The molecule has 0 saturated heterocycles. The Morgan fingerprint density at radius 2 is 1.94 bits per heavy atom. The van der Waals surface area contributed by atoms with Crippen LogP contribution in [0, 0.1) is 0 Å². The second kappa shape index (κ2) is 9.65. The zero-order valence-corrected chi connectivity index (χ0v) is 18.6. The standard InChI is InChI=1S/C24H23N3O4S/c1-30-20-10-5-7-16(24(20)31-2)14-25-22(28)15-27-19-9-4-3-8-17(19)26-18(13-23(27)29)21-11-6-12-32-21/h3-12H,13-15H2,1-2H3,(H,25,28). The van der Waals surface area contributed by atoms with Gasteiger partial charge in [-0.15, -0.1) is 11.3 Å². The monoisotopic (exact) mass is 449 g/mol. The van der Waals surface area contributed by atoms with Crippen LogP contribution in [0.15, 0.2) is 65.0 Å². The molecule has 32 heavy (non-hydrogen) atoms. The molecule has 1 aromatic heterocycles. The van der Waals surface area contributed by atoms with E-state index in [1.165, 1.54) is 16.2 Å². The van der Waals surface area contributed by atoms with Gasteiger partial charge in [0.05, 0.1) is 37.7 Å². The van der Waals surface area contributed by atoms with Gasteiger partial charge in [0, 0.05) is 17.0 Å². The van der Waals surface area contributed by atoms with Crippen LogP contribution < -0.4 is 19.7 Å². The Kier molecular flexibility index (Phi) is 6.51. The van der Waals surface area contributed by atoms with Gasteiger partial charge in [0.1, 0.15) is 6.54 Å². The third-order valence-electron chi connectivity index (χ3n) is 5.12. The van der Waals surface area contributed by atoms with E-state index in [9.17, 15) is 9.59 Å². The van der Waals surface area contributed by atoms with Crippen LogP contribution >= 0.6 is 11.3 Å². The van der Waals surface area contributed by atoms with Gasteiger partial charge in [0.25, 0.3) is 0 Å². The Bertz CT molecular complexity index is 1160. The molecule has 2 heterocycles. The van der Waals surface area contributed by atoms with Gasteiger partial charge in [-0.05, 0) is 29.6 Å². The maximum atomic E-state index is 13.1. The van der Waals surface area contributed by atoms with Crippen LogP contribution in [0.5, 0.6) is 11.5 Å². The Hall–Kier alpha value is -3.65. The quantitative estimate of drug-likeness (QED) is 0.593. The molecule has 0 radical (unpaired) electrons. The lowest BCUT2D eigenvalue weighted by Crippen LogP contribution is -2.41. The highest BCUT2D eigenvalue weighted by atomic mass is 32.1. The van der Waals surface area contributed by atoms with Gasteiger partial charge in [-0.2, -0.15) is 0 Å². The van der Waals surface area contributed by atoms with Crippen LogP contribution in [-0.4, -0.2) is 38.3 Å². The first kappa shape index (κ1) is 21.6. The van der Waals surface area contributed by atoms with E-state index in [-0.39, 0.29) is 31.3 Å². The molecule has 0 saturated carbocycles. The minimum Gasteiger partial charge on any atom is -0.493 e. The van der Waals surface area contributed by atoms with E-state index >= 15 is 0 Å². The number of anilines is 1. The van der Waals surface area contributed by atoms with Crippen LogP contribution in [0.2, 0.25) is 0 Å². The van der Waals surface area contributed by atoms with Gasteiger partial charge in [-0.3, -0.25) is 9.59 Å². The summed E-state index contributed by atoms with van der Waals surface area (Å²) in [7, 11) is 3.12. The molecule has 1 aliphatic rings. The van der Waals surface area contributed by atoms with Crippen molar-refractivity contribution >= 4 is 40.2 Å². The Morgan fingerprint density at radius 3 is 2.69 bits per heavy atom. The maximum absolute atomic E-state index is 13.1. The van der Waals surface area contributed by atoms with Crippen molar-refractivity contribution in [2.75, 3.05) is 25.7 Å². The van der Waals surface area contributed by atoms with E-state index in [0.717, 1.165) is 10.4 Å². The van der Waals surface area contributed by atoms with Crippen molar-refractivity contribution in [2.24, 2.45) is 4.99 Å². The molecule has 0 fully saturated rings. The van der Waals surface area contributed by atoms with Crippen molar-refractivity contribution in [3.8, 4) is 11.5 Å². The normalized spacial score (nSPS) is 13.1. The number of para-hydroxylation sites is 3. The number of carbonyl (C=O) groups is 2. The third kappa shape index (κ3) is 4.50. The molecule has 8 heteroatoms. The maximum Gasteiger partial charge on any atom is 0.240 e. The number of hydrogen-bond donors (Lipinski definition) is 1.